The number of aromatic nitrogens is 1. The third-order valence-corrected chi connectivity index (χ3v) is 8.65. The number of sulfonamides is 1. The van der Waals surface area contributed by atoms with Crippen LogP contribution in [-0.4, -0.2) is 72.7 Å². The zero-order chi connectivity index (χ0) is 28.8. The fourth-order valence-corrected chi connectivity index (χ4v) is 6.37. The number of likely N-dealkylation sites (tertiary alicyclic amines) is 1. The number of pyridine rings is 1. The third kappa shape index (κ3) is 5.50. The molecule has 12 nitrogen and oxygen atoms in total. The molecule has 1 saturated heterocycles. The van der Waals surface area contributed by atoms with E-state index in [1.54, 1.807) is 4.90 Å². The lowest BCUT2D eigenvalue weighted by Gasteiger charge is -2.25. The molecule has 1 aromatic carbocycles. The maximum atomic E-state index is 13.2. The molecule has 17 heteroatoms. The number of rotatable bonds is 8. The second kappa shape index (κ2) is 10.6. The minimum Gasteiger partial charge on any atom is -0.505 e. The van der Waals surface area contributed by atoms with E-state index in [1.807, 2.05) is 0 Å². The molecule has 2 aromatic rings. The Balaban J connectivity index is 1.39. The van der Waals surface area contributed by atoms with Crippen LogP contribution in [0.4, 0.5) is 19.3 Å². The lowest BCUT2D eigenvalue weighted by atomic mass is 10.2. The SMILES string of the molecule is O=C1NCC(C(F)F)=NN1c1cc(Cl)c(Oc2cc(S(=O)(=O)NC3(C(=O)N4CCCC4)CC3)c(O)cn2)c(Cl)c1. The Hall–Kier alpha value is -3.27. The highest BCUT2D eigenvalue weighted by atomic mass is 35.5. The Labute approximate surface area is 236 Å². The molecule has 2 aliphatic heterocycles. The summed E-state index contributed by atoms with van der Waals surface area (Å²) in [5.74, 6) is -1.50. The number of halogens is 4. The van der Waals surface area contributed by atoms with Crippen molar-refractivity contribution in [2.75, 3.05) is 24.6 Å². The van der Waals surface area contributed by atoms with E-state index < -0.39 is 50.9 Å². The number of urea groups is 1. The Morgan fingerprint density at radius 3 is 2.42 bits per heavy atom. The van der Waals surface area contributed by atoms with E-state index in [2.05, 4.69) is 20.1 Å². The predicted molar refractivity (Wildman–Crippen MR) is 140 cm³/mol. The number of ether oxygens (including phenoxy) is 1. The molecule has 3 amide bonds. The second-order valence-electron chi connectivity index (χ2n) is 9.38. The molecule has 5 rings (SSSR count). The molecule has 40 heavy (non-hydrogen) atoms. The molecule has 1 aliphatic carbocycles. The number of nitrogens with one attached hydrogen (secondary N) is 2. The first-order valence-electron chi connectivity index (χ1n) is 12.0. The largest absolute Gasteiger partial charge is 0.505 e. The van der Waals surface area contributed by atoms with Crippen LogP contribution in [0.2, 0.25) is 10.0 Å². The van der Waals surface area contributed by atoms with Crippen molar-refractivity contribution in [3.63, 3.8) is 0 Å². The van der Waals surface area contributed by atoms with E-state index in [9.17, 15) is 31.9 Å². The van der Waals surface area contributed by atoms with Gasteiger partial charge >= 0.3 is 6.03 Å². The molecule has 0 bridgehead atoms. The highest BCUT2D eigenvalue weighted by molar-refractivity contribution is 7.89. The van der Waals surface area contributed by atoms with Gasteiger partial charge in [-0.2, -0.15) is 14.8 Å². The maximum absolute atomic E-state index is 13.2. The average Bonchev–Trinajstić information content (AvgIpc) is 3.45. The van der Waals surface area contributed by atoms with Crippen molar-refractivity contribution >= 4 is 56.6 Å². The summed E-state index contributed by atoms with van der Waals surface area (Å²) in [5.41, 5.74) is -1.88. The molecular formula is C23H22Cl2F2N6O6S. The van der Waals surface area contributed by atoms with E-state index in [0.29, 0.717) is 30.9 Å². The van der Waals surface area contributed by atoms with Crippen molar-refractivity contribution < 1.29 is 36.6 Å². The quantitative estimate of drug-likeness (QED) is 0.409. The van der Waals surface area contributed by atoms with Gasteiger partial charge in [-0.15, -0.1) is 0 Å². The summed E-state index contributed by atoms with van der Waals surface area (Å²) < 4.78 is 60.6. The number of nitrogens with zero attached hydrogens (tertiary/aromatic N) is 4. The van der Waals surface area contributed by atoms with Crippen LogP contribution in [0.5, 0.6) is 17.4 Å². The number of amides is 3. The molecule has 214 valence electrons. The zero-order valence-corrected chi connectivity index (χ0v) is 22.9. The number of hydrazone groups is 1. The maximum Gasteiger partial charge on any atom is 0.342 e. The average molecular weight is 619 g/mol. The fourth-order valence-electron chi connectivity index (χ4n) is 4.32. The first-order valence-corrected chi connectivity index (χ1v) is 14.3. The van der Waals surface area contributed by atoms with Crippen molar-refractivity contribution in [3.05, 3.63) is 34.4 Å². The molecule has 0 unspecified atom stereocenters. The number of aromatic hydroxyl groups is 1. The van der Waals surface area contributed by atoms with Gasteiger partial charge in [-0.3, -0.25) is 4.79 Å². The van der Waals surface area contributed by atoms with Gasteiger partial charge in [0.1, 0.15) is 16.1 Å². The number of carbonyl (C=O) groups is 2. The zero-order valence-electron chi connectivity index (χ0n) is 20.5. The number of anilines is 1. The van der Waals surface area contributed by atoms with E-state index in [0.717, 1.165) is 25.1 Å². The summed E-state index contributed by atoms with van der Waals surface area (Å²) >= 11 is 12.6. The number of alkyl halides is 2. The number of carbonyl (C=O) groups excluding carboxylic acids is 2. The number of hydrogen-bond acceptors (Lipinski definition) is 8. The van der Waals surface area contributed by atoms with Gasteiger partial charge in [-0.25, -0.2) is 27.0 Å². The molecule has 0 spiro atoms. The minimum atomic E-state index is -4.40. The van der Waals surface area contributed by atoms with Crippen molar-refractivity contribution in [1.82, 2.24) is 19.9 Å². The van der Waals surface area contributed by atoms with E-state index in [4.69, 9.17) is 27.9 Å². The summed E-state index contributed by atoms with van der Waals surface area (Å²) in [7, 11) is -4.40. The van der Waals surface area contributed by atoms with Crippen molar-refractivity contribution in [3.8, 4) is 17.4 Å². The van der Waals surface area contributed by atoms with Crippen LogP contribution in [-0.2, 0) is 14.8 Å². The predicted octanol–water partition coefficient (Wildman–Crippen LogP) is 3.47. The van der Waals surface area contributed by atoms with Gasteiger partial charge < -0.3 is 20.1 Å². The topological polar surface area (TPSA) is 154 Å². The van der Waals surface area contributed by atoms with Gasteiger partial charge in [-0.1, -0.05) is 23.2 Å². The standard InChI is InChI=1S/C23H22Cl2F2N6O6S/c24-13-7-12(33-22(36)29-10-15(30-33)20(26)27)8-14(25)19(13)39-18-9-17(16(34)11-28-18)40(37,38)31-23(3-4-23)21(35)32-5-1-2-6-32/h7-9,11,20,31,34H,1-6,10H2,(H,29,36). The van der Waals surface area contributed by atoms with Crippen molar-refractivity contribution in [2.24, 2.45) is 5.10 Å². The molecule has 0 radical (unpaired) electrons. The molecule has 3 N–H and O–H groups in total. The summed E-state index contributed by atoms with van der Waals surface area (Å²) in [5, 5.41) is 16.5. The van der Waals surface area contributed by atoms with Crippen molar-refractivity contribution in [1.29, 1.82) is 0 Å². The molecule has 3 heterocycles. The fraction of sp³-hybridized carbons (Fsp3) is 0.391. The summed E-state index contributed by atoms with van der Waals surface area (Å²) in [6.45, 7) is 0.697. The van der Waals surface area contributed by atoms with Gasteiger partial charge in [0.15, 0.2) is 11.5 Å². The Kier molecular flexibility index (Phi) is 7.50. The summed E-state index contributed by atoms with van der Waals surface area (Å²) in [4.78, 5) is 30.0. The Morgan fingerprint density at radius 1 is 1.18 bits per heavy atom. The van der Waals surface area contributed by atoms with Gasteiger partial charge in [0.2, 0.25) is 21.8 Å². The second-order valence-corrected chi connectivity index (χ2v) is 11.8. The van der Waals surface area contributed by atoms with Crippen LogP contribution in [0, 0.1) is 0 Å². The third-order valence-electron chi connectivity index (χ3n) is 6.52. The van der Waals surface area contributed by atoms with Crippen LogP contribution in [0.3, 0.4) is 0 Å². The molecule has 0 atom stereocenters. The Bertz CT molecular complexity index is 1490. The Morgan fingerprint density at radius 2 is 1.82 bits per heavy atom. The van der Waals surface area contributed by atoms with E-state index >= 15 is 0 Å². The van der Waals surface area contributed by atoms with Crippen LogP contribution in [0.25, 0.3) is 0 Å². The molecule has 1 aromatic heterocycles. The molecule has 1 saturated carbocycles. The summed E-state index contributed by atoms with van der Waals surface area (Å²) in [6.07, 6.45) is 0.299. The normalized spacial score (nSPS) is 18.5. The number of benzene rings is 1. The first-order chi connectivity index (χ1) is 18.9. The summed E-state index contributed by atoms with van der Waals surface area (Å²) in [6, 6.07) is 2.51. The lowest BCUT2D eigenvalue weighted by molar-refractivity contribution is -0.132. The van der Waals surface area contributed by atoms with Crippen LogP contribution >= 0.6 is 23.2 Å². The van der Waals surface area contributed by atoms with E-state index in [-0.39, 0.29) is 33.3 Å². The molecular weight excluding hydrogens is 597 g/mol. The van der Waals surface area contributed by atoms with Gasteiger partial charge in [-0.05, 0) is 37.8 Å². The van der Waals surface area contributed by atoms with Gasteiger partial charge in [0, 0.05) is 19.2 Å². The smallest absolute Gasteiger partial charge is 0.342 e. The lowest BCUT2D eigenvalue weighted by Crippen LogP contribution is -2.49. The van der Waals surface area contributed by atoms with Crippen LogP contribution in [0.1, 0.15) is 25.7 Å². The van der Waals surface area contributed by atoms with Crippen LogP contribution in [0.15, 0.2) is 34.4 Å². The van der Waals surface area contributed by atoms with Gasteiger partial charge in [0.05, 0.1) is 28.5 Å². The molecule has 2 fully saturated rings. The van der Waals surface area contributed by atoms with E-state index in [1.165, 1.54) is 12.1 Å². The van der Waals surface area contributed by atoms with Crippen molar-refractivity contribution in [2.45, 2.75) is 42.5 Å². The number of hydrogen-bond donors (Lipinski definition) is 3. The first kappa shape index (κ1) is 28.3. The molecule has 3 aliphatic rings. The van der Waals surface area contributed by atoms with Crippen LogP contribution < -0.4 is 19.8 Å². The highest BCUT2D eigenvalue weighted by Crippen LogP contribution is 2.42. The minimum absolute atomic E-state index is 0.0405. The van der Waals surface area contributed by atoms with Gasteiger partial charge in [0.25, 0.3) is 6.43 Å². The highest BCUT2D eigenvalue weighted by Gasteiger charge is 2.55. The monoisotopic (exact) mass is 618 g/mol.